The maximum Gasteiger partial charge on any atom is 0.225 e. The highest BCUT2D eigenvalue weighted by Gasteiger charge is 2.34. The predicted octanol–water partition coefficient (Wildman–Crippen LogP) is 2.68. The van der Waals surface area contributed by atoms with Gasteiger partial charge in [-0.05, 0) is 17.7 Å². The van der Waals surface area contributed by atoms with E-state index in [0.717, 1.165) is 17.3 Å². The standard InChI is InChI=1S/C19H22N2O3S/c22-18-11-16(12-21(18)13-17-7-4-9-24-17)19(23)20-8-10-25-14-15-5-2-1-3-6-15/h1-7,9,16H,8,10-14H2,(H,20,23)/t16-/m1/s1. The summed E-state index contributed by atoms with van der Waals surface area (Å²) in [6, 6.07) is 13.9. The van der Waals surface area contributed by atoms with Crippen molar-refractivity contribution in [1.29, 1.82) is 0 Å². The molecule has 1 aromatic carbocycles. The maximum absolute atomic E-state index is 12.2. The van der Waals surface area contributed by atoms with Crippen molar-refractivity contribution in [2.75, 3.05) is 18.8 Å². The van der Waals surface area contributed by atoms with Gasteiger partial charge in [0.05, 0.1) is 18.7 Å². The molecule has 2 aromatic rings. The quantitative estimate of drug-likeness (QED) is 0.737. The Balaban J connectivity index is 1.35. The Bertz CT molecular complexity index is 688. The molecule has 6 heteroatoms. The minimum atomic E-state index is -0.262. The van der Waals surface area contributed by atoms with Crippen LogP contribution in [0.3, 0.4) is 0 Å². The molecule has 1 atom stereocenters. The molecule has 0 spiro atoms. The lowest BCUT2D eigenvalue weighted by atomic mass is 10.1. The number of rotatable bonds is 8. The van der Waals surface area contributed by atoms with E-state index in [1.807, 2.05) is 24.3 Å². The van der Waals surface area contributed by atoms with Crippen LogP contribution in [0.15, 0.2) is 53.1 Å². The molecule has 3 rings (SSSR count). The number of carbonyl (C=O) groups excluding carboxylic acids is 2. The molecule has 1 aromatic heterocycles. The van der Waals surface area contributed by atoms with E-state index in [2.05, 4.69) is 17.4 Å². The Kier molecular flexibility index (Phi) is 6.17. The molecule has 0 saturated carbocycles. The third-order valence-corrected chi connectivity index (χ3v) is 5.20. The van der Waals surface area contributed by atoms with Crippen LogP contribution in [-0.4, -0.2) is 35.6 Å². The summed E-state index contributed by atoms with van der Waals surface area (Å²) < 4.78 is 5.27. The molecule has 1 saturated heterocycles. The van der Waals surface area contributed by atoms with Crippen LogP contribution in [0.1, 0.15) is 17.7 Å². The molecule has 132 valence electrons. The van der Waals surface area contributed by atoms with Crippen molar-refractivity contribution < 1.29 is 14.0 Å². The van der Waals surface area contributed by atoms with Gasteiger partial charge in [-0.2, -0.15) is 11.8 Å². The second-order valence-electron chi connectivity index (χ2n) is 6.08. The van der Waals surface area contributed by atoms with Crippen LogP contribution < -0.4 is 5.32 Å². The molecule has 1 aliphatic rings. The minimum Gasteiger partial charge on any atom is -0.467 e. The largest absolute Gasteiger partial charge is 0.467 e. The van der Waals surface area contributed by atoms with Crippen molar-refractivity contribution in [2.24, 2.45) is 5.92 Å². The van der Waals surface area contributed by atoms with Gasteiger partial charge in [0.25, 0.3) is 0 Å². The van der Waals surface area contributed by atoms with Crippen molar-refractivity contribution in [1.82, 2.24) is 10.2 Å². The lowest BCUT2D eigenvalue weighted by molar-refractivity contribution is -0.129. The van der Waals surface area contributed by atoms with Crippen LogP contribution in [0, 0.1) is 5.92 Å². The van der Waals surface area contributed by atoms with Gasteiger partial charge in [-0.3, -0.25) is 9.59 Å². The first-order valence-electron chi connectivity index (χ1n) is 8.42. The van der Waals surface area contributed by atoms with Crippen LogP contribution in [0.5, 0.6) is 0 Å². The summed E-state index contributed by atoms with van der Waals surface area (Å²) in [6.07, 6.45) is 1.87. The van der Waals surface area contributed by atoms with Gasteiger partial charge in [0.1, 0.15) is 5.76 Å². The number of furan rings is 1. The fourth-order valence-electron chi connectivity index (χ4n) is 2.85. The number of amides is 2. The van der Waals surface area contributed by atoms with Gasteiger partial charge in [-0.1, -0.05) is 30.3 Å². The van der Waals surface area contributed by atoms with Crippen molar-refractivity contribution in [3.05, 3.63) is 60.1 Å². The number of thioether (sulfide) groups is 1. The number of hydrogen-bond acceptors (Lipinski definition) is 4. The van der Waals surface area contributed by atoms with Gasteiger partial charge in [-0.25, -0.2) is 0 Å². The van der Waals surface area contributed by atoms with E-state index in [4.69, 9.17) is 4.42 Å². The number of nitrogens with zero attached hydrogens (tertiary/aromatic N) is 1. The molecule has 0 bridgehead atoms. The highest BCUT2D eigenvalue weighted by Crippen LogP contribution is 2.20. The summed E-state index contributed by atoms with van der Waals surface area (Å²) in [5, 5.41) is 2.95. The molecule has 1 aliphatic heterocycles. The van der Waals surface area contributed by atoms with Crippen molar-refractivity contribution >= 4 is 23.6 Å². The average molecular weight is 358 g/mol. The molecule has 0 aliphatic carbocycles. The summed E-state index contributed by atoms with van der Waals surface area (Å²) in [7, 11) is 0. The monoisotopic (exact) mass is 358 g/mol. The molecule has 0 radical (unpaired) electrons. The normalized spacial score (nSPS) is 17.0. The van der Waals surface area contributed by atoms with Gasteiger partial charge in [0.15, 0.2) is 0 Å². The van der Waals surface area contributed by atoms with E-state index in [1.54, 1.807) is 29.0 Å². The molecule has 25 heavy (non-hydrogen) atoms. The summed E-state index contributed by atoms with van der Waals surface area (Å²) in [5.74, 6) is 2.26. The number of hydrogen-bond donors (Lipinski definition) is 1. The lowest BCUT2D eigenvalue weighted by Crippen LogP contribution is -2.34. The van der Waals surface area contributed by atoms with Gasteiger partial charge in [0, 0.05) is 31.0 Å². The molecule has 0 unspecified atom stereocenters. The number of carbonyl (C=O) groups is 2. The zero-order chi connectivity index (χ0) is 17.5. The van der Waals surface area contributed by atoms with Crippen molar-refractivity contribution in [2.45, 2.75) is 18.7 Å². The van der Waals surface area contributed by atoms with E-state index >= 15 is 0 Å². The van der Waals surface area contributed by atoms with Gasteiger partial charge in [-0.15, -0.1) is 0 Å². The zero-order valence-corrected chi connectivity index (χ0v) is 14.8. The highest BCUT2D eigenvalue weighted by atomic mass is 32.2. The predicted molar refractivity (Wildman–Crippen MR) is 97.8 cm³/mol. The molecule has 1 fully saturated rings. The number of benzene rings is 1. The van der Waals surface area contributed by atoms with E-state index < -0.39 is 0 Å². The Hall–Kier alpha value is -2.21. The van der Waals surface area contributed by atoms with Crippen LogP contribution in [-0.2, 0) is 21.9 Å². The smallest absolute Gasteiger partial charge is 0.225 e. The second kappa shape index (κ2) is 8.76. The van der Waals surface area contributed by atoms with Gasteiger partial charge < -0.3 is 14.6 Å². The fourth-order valence-corrected chi connectivity index (χ4v) is 3.67. The number of likely N-dealkylation sites (tertiary alicyclic amines) is 1. The number of nitrogens with one attached hydrogen (secondary N) is 1. The van der Waals surface area contributed by atoms with E-state index in [1.165, 1.54) is 5.56 Å². The molecule has 2 heterocycles. The van der Waals surface area contributed by atoms with Gasteiger partial charge >= 0.3 is 0 Å². The van der Waals surface area contributed by atoms with Crippen LogP contribution in [0.25, 0.3) is 0 Å². The Morgan fingerprint density at radius 3 is 2.84 bits per heavy atom. The van der Waals surface area contributed by atoms with Crippen LogP contribution >= 0.6 is 11.8 Å². The van der Waals surface area contributed by atoms with Crippen molar-refractivity contribution in [3.63, 3.8) is 0 Å². The van der Waals surface area contributed by atoms with E-state index in [9.17, 15) is 9.59 Å². The molecule has 5 nitrogen and oxygen atoms in total. The maximum atomic E-state index is 12.2. The van der Waals surface area contributed by atoms with E-state index in [-0.39, 0.29) is 24.2 Å². The van der Waals surface area contributed by atoms with Crippen LogP contribution in [0.4, 0.5) is 0 Å². The first kappa shape index (κ1) is 17.6. The second-order valence-corrected chi connectivity index (χ2v) is 7.19. The van der Waals surface area contributed by atoms with Crippen LogP contribution in [0.2, 0.25) is 0 Å². The first-order valence-corrected chi connectivity index (χ1v) is 9.57. The van der Waals surface area contributed by atoms with Gasteiger partial charge in [0.2, 0.25) is 11.8 Å². The van der Waals surface area contributed by atoms with E-state index in [0.29, 0.717) is 19.6 Å². The topological polar surface area (TPSA) is 62.6 Å². The summed E-state index contributed by atoms with van der Waals surface area (Å²) in [5.41, 5.74) is 1.29. The SMILES string of the molecule is O=C(NCCSCc1ccccc1)[C@@H]1CC(=O)N(Cc2ccco2)C1. The highest BCUT2D eigenvalue weighted by molar-refractivity contribution is 7.98. The summed E-state index contributed by atoms with van der Waals surface area (Å²) in [4.78, 5) is 26.0. The summed E-state index contributed by atoms with van der Waals surface area (Å²) in [6.45, 7) is 1.52. The molecule has 2 amide bonds. The molecular formula is C19H22N2O3S. The minimum absolute atomic E-state index is 0.00926. The summed E-state index contributed by atoms with van der Waals surface area (Å²) >= 11 is 1.79. The molecule has 1 N–H and O–H groups in total. The van der Waals surface area contributed by atoms with Crippen molar-refractivity contribution in [3.8, 4) is 0 Å². The third-order valence-electron chi connectivity index (χ3n) is 4.17. The third kappa shape index (κ3) is 5.13. The Morgan fingerprint density at radius 1 is 1.24 bits per heavy atom. The molecular weight excluding hydrogens is 336 g/mol. The lowest BCUT2D eigenvalue weighted by Gasteiger charge is -2.15. The Labute approximate surface area is 151 Å². The zero-order valence-electron chi connectivity index (χ0n) is 14.0. The average Bonchev–Trinajstić information content (AvgIpc) is 3.26. The fraction of sp³-hybridized carbons (Fsp3) is 0.368. The first-order chi connectivity index (χ1) is 12.2. The Morgan fingerprint density at radius 2 is 2.08 bits per heavy atom.